The van der Waals surface area contributed by atoms with E-state index >= 15 is 0 Å². The third kappa shape index (κ3) is 2.80. The van der Waals surface area contributed by atoms with Gasteiger partial charge in [0.05, 0.1) is 5.60 Å². The van der Waals surface area contributed by atoms with Gasteiger partial charge in [0.25, 0.3) is 0 Å². The summed E-state index contributed by atoms with van der Waals surface area (Å²) in [4.78, 5) is 4.03. The van der Waals surface area contributed by atoms with Gasteiger partial charge in [0.1, 0.15) is 0 Å². The molecule has 0 bridgehead atoms. The van der Waals surface area contributed by atoms with Gasteiger partial charge in [-0.25, -0.2) is 0 Å². The molecule has 3 heterocycles. The van der Waals surface area contributed by atoms with Crippen LogP contribution in [0.5, 0.6) is 0 Å². The van der Waals surface area contributed by atoms with E-state index in [0.717, 1.165) is 45.9 Å². The number of likely N-dealkylation sites (tertiary alicyclic amines) is 1. The Morgan fingerprint density at radius 1 is 1.50 bits per heavy atom. The van der Waals surface area contributed by atoms with Gasteiger partial charge in [0, 0.05) is 44.3 Å². The summed E-state index contributed by atoms with van der Waals surface area (Å²) in [6.07, 6.45) is 2.36. The predicted molar refractivity (Wildman–Crippen MR) is 82.2 cm³/mol. The van der Waals surface area contributed by atoms with E-state index < -0.39 is 0 Å². The van der Waals surface area contributed by atoms with Crippen LogP contribution >= 0.6 is 11.3 Å². The highest BCUT2D eigenvalue weighted by Gasteiger charge is 2.52. The summed E-state index contributed by atoms with van der Waals surface area (Å²) >= 11 is 1.87. The summed E-state index contributed by atoms with van der Waals surface area (Å²) in [6.45, 7) is 10.2. The van der Waals surface area contributed by atoms with E-state index in [9.17, 15) is 0 Å². The van der Waals surface area contributed by atoms with Crippen LogP contribution in [0.2, 0.25) is 0 Å². The van der Waals surface area contributed by atoms with Gasteiger partial charge in [-0.15, -0.1) is 11.3 Å². The van der Waals surface area contributed by atoms with Crippen LogP contribution in [0.25, 0.3) is 0 Å². The second-order valence-corrected chi connectivity index (χ2v) is 7.06. The maximum atomic E-state index is 6.11. The SMILES string of the molecule is CCOCC[C@@H]1CCOC12CN(Cc1sccc1C)C2. The number of aryl methyl sites for hydroxylation is 1. The van der Waals surface area contributed by atoms with Crippen molar-refractivity contribution >= 4 is 11.3 Å². The third-order valence-corrected chi connectivity index (χ3v) is 5.74. The average molecular weight is 295 g/mol. The van der Waals surface area contributed by atoms with Gasteiger partial charge in [-0.3, -0.25) is 4.90 Å². The Bertz CT molecular complexity index is 439. The van der Waals surface area contributed by atoms with E-state index in [1.165, 1.54) is 16.9 Å². The van der Waals surface area contributed by atoms with Gasteiger partial charge in [-0.2, -0.15) is 0 Å². The molecule has 20 heavy (non-hydrogen) atoms. The molecule has 0 N–H and O–H groups in total. The molecule has 0 saturated carbocycles. The zero-order chi connectivity index (χ0) is 14.0. The van der Waals surface area contributed by atoms with Crippen molar-refractivity contribution in [2.24, 2.45) is 5.92 Å². The van der Waals surface area contributed by atoms with Crippen LogP contribution in [0.1, 0.15) is 30.2 Å². The van der Waals surface area contributed by atoms with Crippen molar-refractivity contribution in [1.82, 2.24) is 4.90 Å². The minimum atomic E-state index is 0.141. The van der Waals surface area contributed by atoms with E-state index in [1.807, 2.05) is 11.3 Å². The van der Waals surface area contributed by atoms with Gasteiger partial charge < -0.3 is 9.47 Å². The Balaban J connectivity index is 1.51. The number of hydrogen-bond donors (Lipinski definition) is 0. The first-order valence-corrected chi connectivity index (χ1v) is 8.58. The average Bonchev–Trinajstić information content (AvgIpc) is 2.97. The van der Waals surface area contributed by atoms with Crippen molar-refractivity contribution in [3.05, 3.63) is 21.9 Å². The molecule has 0 aliphatic carbocycles. The molecule has 2 aliphatic rings. The molecule has 1 spiro atoms. The molecule has 0 amide bonds. The molecule has 1 aromatic heterocycles. The number of hydrogen-bond acceptors (Lipinski definition) is 4. The first-order valence-electron chi connectivity index (χ1n) is 7.70. The molecular weight excluding hydrogens is 270 g/mol. The lowest BCUT2D eigenvalue weighted by Gasteiger charge is -2.50. The Morgan fingerprint density at radius 2 is 2.35 bits per heavy atom. The highest BCUT2D eigenvalue weighted by Crippen LogP contribution is 2.42. The normalized spacial score (nSPS) is 25.2. The first kappa shape index (κ1) is 14.5. The molecule has 2 fully saturated rings. The topological polar surface area (TPSA) is 21.7 Å². The smallest absolute Gasteiger partial charge is 0.0964 e. The van der Waals surface area contributed by atoms with Crippen LogP contribution in [0.15, 0.2) is 11.4 Å². The van der Waals surface area contributed by atoms with Gasteiger partial charge >= 0.3 is 0 Å². The van der Waals surface area contributed by atoms with Gasteiger partial charge in [0.15, 0.2) is 0 Å². The first-order chi connectivity index (χ1) is 9.73. The van der Waals surface area contributed by atoms with E-state index in [0.29, 0.717) is 5.92 Å². The molecular formula is C16H25NO2S. The maximum Gasteiger partial charge on any atom is 0.0964 e. The van der Waals surface area contributed by atoms with Crippen molar-refractivity contribution in [3.8, 4) is 0 Å². The highest BCUT2D eigenvalue weighted by molar-refractivity contribution is 7.10. The number of thiophene rings is 1. The van der Waals surface area contributed by atoms with Crippen LogP contribution in [-0.2, 0) is 16.0 Å². The van der Waals surface area contributed by atoms with E-state index in [2.05, 4.69) is 30.2 Å². The fourth-order valence-corrected chi connectivity index (χ4v) is 4.45. The molecule has 4 heteroatoms. The lowest BCUT2D eigenvalue weighted by molar-refractivity contribution is -0.138. The summed E-state index contributed by atoms with van der Waals surface area (Å²) in [5.74, 6) is 0.690. The molecule has 1 aromatic rings. The van der Waals surface area contributed by atoms with Crippen LogP contribution in [0, 0.1) is 12.8 Å². The van der Waals surface area contributed by atoms with Gasteiger partial charge in [0.2, 0.25) is 0 Å². The van der Waals surface area contributed by atoms with Crippen LogP contribution < -0.4 is 0 Å². The monoisotopic (exact) mass is 295 g/mol. The quantitative estimate of drug-likeness (QED) is 0.753. The van der Waals surface area contributed by atoms with Crippen molar-refractivity contribution in [1.29, 1.82) is 0 Å². The van der Waals surface area contributed by atoms with E-state index in [-0.39, 0.29) is 5.60 Å². The Labute approximate surface area is 125 Å². The van der Waals surface area contributed by atoms with E-state index in [1.54, 1.807) is 0 Å². The molecule has 3 nitrogen and oxygen atoms in total. The number of rotatable bonds is 6. The third-order valence-electron chi connectivity index (χ3n) is 4.73. The largest absolute Gasteiger partial charge is 0.382 e. The molecule has 0 radical (unpaired) electrons. The summed E-state index contributed by atoms with van der Waals surface area (Å²) in [5.41, 5.74) is 1.57. The zero-order valence-corrected chi connectivity index (χ0v) is 13.4. The molecule has 1 atom stereocenters. The number of ether oxygens (including phenoxy) is 2. The predicted octanol–water partition coefficient (Wildman–Crippen LogP) is 3.07. The second kappa shape index (κ2) is 6.14. The Kier molecular flexibility index (Phi) is 4.46. The Hall–Kier alpha value is -0.420. The minimum absolute atomic E-state index is 0.141. The second-order valence-electron chi connectivity index (χ2n) is 6.06. The van der Waals surface area contributed by atoms with Crippen molar-refractivity contribution in [2.75, 3.05) is 32.9 Å². The summed E-state index contributed by atoms with van der Waals surface area (Å²) in [7, 11) is 0. The van der Waals surface area contributed by atoms with Crippen LogP contribution in [0.4, 0.5) is 0 Å². The Morgan fingerprint density at radius 3 is 3.05 bits per heavy atom. The molecule has 0 aromatic carbocycles. The summed E-state index contributed by atoms with van der Waals surface area (Å²) in [6, 6.07) is 2.21. The van der Waals surface area contributed by atoms with Gasteiger partial charge in [-0.05, 0) is 49.6 Å². The summed E-state index contributed by atoms with van der Waals surface area (Å²) < 4.78 is 11.6. The highest BCUT2D eigenvalue weighted by atomic mass is 32.1. The molecule has 112 valence electrons. The van der Waals surface area contributed by atoms with E-state index in [4.69, 9.17) is 9.47 Å². The molecule has 3 rings (SSSR count). The van der Waals surface area contributed by atoms with Crippen molar-refractivity contribution in [2.45, 2.75) is 38.8 Å². The minimum Gasteiger partial charge on any atom is -0.382 e. The van der Waals surface area contributed by atoms with Crippen molar-refractivity contribution in [3.63, 3.8) is 0 Å². The van der Waals surface area contributed by atoms with Crippen LogP contribution in [0.3, 0.4) is 0 Å². The maximum absolute atomic E-state index is 6.11. The molecule has 2 aliphatic heterocycles. The summed E-state index contributed by atoms with van der Waals surface area (Å²) in [5, 5.41) is 2.19. The van der Waals surface area contributed by atoms with Crippen molar-refractivity contribution < 1.29 is 9.47 Å². The lowest BCUT2D eigenvalue weighted by atomic mass is 9.79. The molecule has 0 unspecified atom stereocenters. The van der Waals surface area contributed by atoms with Crippen LogP contribution in [-0.4, -0.2) is 43.4 Å². The van der Waals surface area contributed by atoms with Gasteiger partial charge in [-0.1, -0.05) is 0 Å². The fourth-order valence-electron chi connectivity index (χ4n) is 3.50. The molecule has 2 saturated heterocycles. The fraction of sp³-hybridized carbons (Fsp3) is 0.750. The zero-order valence-electron chi connectivity index (χ0n) is 12.6. The standard InChI is InChI=1S/C16H25NO2S/c1-3-18-7-4-14-5-8-19-16(14)11-17(12-16)10-15-13(2)6-9-20-15/h6,9,14H,3-5,7-8,10-12H2,1-2H3/t14-/m1/s1. The number of nitrogens with zero attached hydrogens (tertiary/aromatic N) is 1. The lowest BCUT2D eigenvalue weighted by Crippen LogP contribution is -2.64.